The van der Waals surface area contributed by atoms with Crippen LogP contribution in [0.4, 0.5) is 0 Å². The third-order valence-corrected chi connectivity index (χ3v) is 2.96. The molecular weight excluding hydrogens is 174 g/mol. The smallest absolute Gasteiger partial charge is 0.126 e. The van der Waals surface area contributed by atoms with Gasteiger partial charge in [0.2, 0.25) is 0 Å². The van der Waals surface area contributed by atoms with Gasteiger partial charge in [0.1, 0.15) is 12.5 Å². The van der Waals surface area contributed by atoms with E-state index >= 15 is 0 Å². The van der Waals surface area contributed by atoms with E-state index in [1.807, 2.05) is 5.01 Å². The van der Waals surface area contributed by atoms with E-state index in [-0.39, 0.29) is 0 Å². The minimum Gasteiger partial charge on any atom is -0.336 e. The standard InChI is InChI=1S/C11H21N3/c1-11(2,3)7-9-5-6-10-12-13(4)8-14(9)10/h9H,5-8H2,1-4H3/t9-/m1/s1. The van der Waals surface area contributed by atoms with E-state index in [1.54, 1.807) is 0 Å². The monoisotopic (exact) mass is 195 g/mol. The molecule has 2 aliphatic heterocycles. The molecule has 0 aliphatic carbocycles. The summed E-state index contributed by atoms with van der Waals surface area (Å²) >= 11 is 0. The van der Waals surface area contributed by atoms with Crippen molar-refractivity contribution < 1.29 is 0 Å². The zero-order chi connectivity index (χ0) is 10.3. The summed E-state index contributed by atoms with van der Waals surface area (Å²) in [5, 5.41) is 6.55. The summed E-state index contributed by atoms with van der Waals surface area (Å²) in [5.74, 6) is 1.31. The maximum Gasteiger partial charge on any atom is 0.126 e. The van der Waals surface area contributed by atoms with E-state index in [9.17, 15) is 0 Å². The highest BCUT2D eigenvalue weighted by Gasteiger charge is 2.35. The van der Waals surface area contributed by atoms with Crippen molar-refractivity contribution in [2.45, 2.75) is 46.1 Å². The van der Waals surface area contributed by atoms with Gasteiger partial charge in [-0.05, 0) is 18.3 Å². The quantitative estimate of drug-likeness (QED) is 0.638. The Morgan fingerprint density at radius 2 is 2.14 bits per heavy atom. The Labute approximate surface area is 86.8 Å². The van der Waals surface area contributed by atoms with Crippen molar-refractivity contribution >= 4 is 5.84 Å². The summed E-state index contributed by atoms with van der Waals surface area (Å²) in [6.45, 7) is 7.96. The summed E-state index contributed by atoms with van der Waals surface area (Å²) in [6.07, 6.45) is 3.74. The van der Waals surface area contributed by atoms with Crippen molar-refractivity contribution in [1.82, 2.24) is 9.91 Å². The minimum atomic E-state index is 0.432. The first-order valence-electron chi connectivity index (χ1n) is 5.51. The predicted octanol–water partition coefficient (Wildman–Crippen LogP) is 2.10. The van der Waals surface area contributed by atoms with Crippen LogP contribution in [0.3, 0.4) is 0 Å². The fraction of sp³-hybridized carbons (Fsp3) is 0.909. The summed E-state index contributed by atoms with van der Waals surface area (Å²) in [5.41, 5.74) is 0.432. The second kappa shape index (κ2) is 3.14. The maximum absolute atomic E-state index is 4.51. The molecule has 3 nitrogen and oxygen atoms in total. The molecule has 0 unspecified atom stereocenters. The largest absolute Gasteiger partial charge is 0.336 e. The normalized spacial score (nSPS) is 26.9. The molecule has 14 heavy (non-hydrogen) atoms. The number of hydrogen-bond donors (Lipinski definition) is 0. The van der Waals surface area contributed by atoms with Crippen LogP contribution >= 0.6 is 0 Å². The fourth-order valence-electron chi connectivity index (χ4n) is 2.48. The Bertz CT molecular complexity index is 252. The van der Waals surface area contributed by atoms with Crippen LogP contribution in [0, 0.1) is 5.41 Å². The lowest BCUT2D eigenvalue weighted by Gasteiger charge is -2.29. The van der Waals surface area contributed by atoms with E-state index in [2.05, 4.69) is 37.8 Å². The lowest BCUT2D eigenvalue weighted by Crippen LogP contribution is -2.35. The van der Waals surface area contributed by atoms with Crippen molar-refractivity contribution in [3.05, 3.63) is 0 Å². The van der Waals surface area contributed by atoms with Crippen LogP contribution in [0.1, 0.15) is 40.0 Å². The molecule has 1 saturated heterocycles. The van der Waals surface area contributed by atoms with Crippen LogP contribution in [0.2, 0.25) is 0 Å². The van der Waals surface area contributed by atoms with Gasteiger partial charge in [-0.2, -0.15) is 5.10 Å². The molecule has 0 amide bonds. The van der Waals surface area contributed by atoms with Gasteiger partial charge in [-0.3, -0.25) is 5.01 Å². The van der Waals surface area contributed by atoms with E-state index in [4.69, 9.17) is 0 Å². The van der Waals surface area contributed by atoms with Crippen LogP contribution in [0.15, 0.2) is 5.10 Å². The Balaban J connectivity index is 2.01. The van der Waals surface area contributed by atoms with Gasteiger partial charge in [-0.25, -0.2) is 0 Å². The lowest BCUT2D eigenvalue weighted by molar-refractivity contribution is 0.192. The van der Waals surface area contributed by atoms with Gasteiger partial charge < -0.3 is 4.90 Å². The number of rotatable bonds is 1. The zero-order valence-corrected chi connectivity index (χ0v) is 9.75. The molecule has 0 aromatic heterocycles. The highest BCUT2D eigenvalue weighted by molar-refractivity contribution is 5.85. The van der Waals surface area contributed by atoms with Crippen molar-refractivity contribution in [3.63, 3.8) is 0 Å². The van der Waals surface area contributed by atoms with E-state index in [0.717, 1.165) is 12.7 Å². The summed E-state index contributed by atoms with van der Waals surface area (Å²) < 4.78 is 0. The third-order valence-electron chi connectivity index (χ3n) is 2.96. The van der Waals surface area contributed by atoms with Crippen LogP contribution in [0.5, 0.6) is 0 Å². The second-order valence-corrected chi connectivity index (χ2v) is 5.74. The molecule has 0 saturated carbocycles. The first-order chi connectivity index (χ1) is 6.46. The number of hydrogen-bond acceptors (Lipinski definition) is 3. The fourth-order valence-corrected chi connectivity index (χ4v) is 2.48. The molecule has 0 aromatic carbocycles. The molecule has 0 radical (unpaired) electrons. The molecule has 3 heteroatoms. The SMILES string of the molecule is CN1CN2C(=N1)CC[C@@H]2CC(C)(C)C. The molecule has 80 valence electrons. The molecule has 1 fully saturated rings. The summed E-state index contributed by atoms with van der Waals surface area (Å²) in [6, 6.07) is 0.721. The van der Waals surface area contributed by atoms with Crippen LogP contribution in [-0.4, -0.2) is 35.5 Å². The lowest BCUT2D eigenvalue weighted by atomic mass is 9.87. The van der Waals surface area contributed by atoms with Crippen molar-refractivity contribution in [3.8, 4) is 0 Å². The Morgan fingerprint density at radius 1 is 1.43 bits per heavy atom. The van der Waals surface area contributed by atoms with Gasteiger partial charge in [0.05, 0.1) is 0 Å². The van der Waals surface area contributed by atoms with Crippen molar-refractivity contribution in [2.24, 2.45) is 10.5 Å². The average molecular weight is 195 g/mol. The third kappa shape index (κ3) is 1.86. The molecule has 1 atom stereocenters. The highest BCUT2D eigenvalue weighted by Crippen LogP contribution is 2.32. The van der Waals surface area contributed by atoms with Crippen LogP contribution < -0.4 is 0 Å². The van der Waals surface area contributed by atoms with Gasteiger partial charge in [0.25, 0.3) is 0 Å². The minimum absolute atomic E-state index is 0.432. The van der Waals surface area contributed by atoms with Gasteiger partial charge in [0.15, 0.2) is 0 Å². The first kappa shape index (κ1) is 9.81. The maximum atomic E-state index is 4.51. The topological polar surface area (TPSA) is 18.8 Å². The van der Waals surface area contributed by atoms with Crippen molar-refractivity contribution in [2.75, 3.05) is 13.7 Å². The summed E-state index contributed by atoms with van der Waals surface area (Å²) in [7, 11) is 2.06. The number of fused-ring (bicyclic) bond motifs is 1. The molecule has 0 N–H and O–H groups in total. The van der Waals surface area contributed by atoms with Gasteiger partial charge in [-0.15, -0.1) is 0 Å². The number of hydrazone groups is 1. The highest BCUT2D eigenvalue weighted by atomic mass is 15.6. The molecule has 0 aromatic rings. The van der Waals surface area contributed by atoms with Gasteiger partial charge in [0, 0.05) is 19.5 Å². The van der Waals surface area contributed by atoms with E-state index in [1.165, 1.54) is 25.1 Å². The van der Waals surface area contributed by atoms with E-state index in [0.29, 0.717) is 5.41 Å². The average Bonchev–Trinajstić information content (AvgIpc) is 2.49. The van der Waals surface area contributed by atoms with Gasteiger partial charge >= 0.3 is 0 Å². The summed E-state index contributed by atoms with van der Waals surface area (Å²) in [4.78, 5) is 2.48. The molecule has 2 rings (SSSR count). The van der Waals surface area contributed by atoms with Crippen LogP contribution in [0.25, 0.3) is 0 Å². The second-order valence-electron chi connectivity index (χ2n) is 5.74. The Hall–Kier alpha value is -0.730. The van der Waals surface area contributed by atoms with Crippen molar-refractivity contribution in [1.29, 1.82) is 0 Å². The number of amidine groups is 1. The Morgan fingerprint density at radius 3 is 2.79 bits per heavy atom. The molecule has 0 spiro atoms. The Kier molecular flexibility index (Phi) is 2.20. The van der Waals surface area contributed by atoms with Gasteiger partial charge in [-0.1, -0.05) is 20.8 Å². The first-order valence-corrected chi connectivity index (χ1v) is 5.51. The van der Waals surface area contributed by atoms with Crippen LogP contribution in [-0.2, 0) is 0 Å². The number of nitrogens with zero attached hydrogens (tertiary/aromatic N) is 3. The molecule has 0 bridgehead atoms. The zero-order valence-electron chi connectivity index (χ0n) is 9.75. The predicted molar refractivity (Wildman–Crippen MR) is 59.0 cm³/mol. The molecular formula is C11H21N3. The molecule has 2 aliphatic rings. The molecule has 2 heterocycles. The van der Waals surface area contributed by atoms with E-state index < -0.39 is 0 Å².